The quantitative estimate of drug-likeness (QED) is 0.839. The molecule has 1 aromatic carbocycles. The second kappa shape index (κ2) is 6.71. The number of methoxy groups -OCH3 is 1. The third-order valence-corrected chi connectivity index (χ3v) is 5.57. The van der Waals surface area contributed by atoms with Crippen molar-refractivity contribution in [2.45, 2.75) is 31.6 Å². The van der Waals surface area contributed by atoms with Crippen molar-refractivity contribution in [1.82, 2.24) is 10.2 Å². The van der Waals surface area contributed by atoms with Gasteiger partial charge in [-0.15, -0.1) is 0 Å². The molecule has 28 heavy (non-hydrogen) atoms. The lowest BCUT2D eigenvalue weighted by atomic mass is 9.87. The van der Waals surface area contributed by atoms with Crippen LogP contribution in [0.4, 0.5) is 5.82 Å². The van der Waals surface area contributed by atoms with Crippen LogP contribution in [0.2, 0.25) is 0 Å². The number of rotatable bonds is 4. The van der Waals surface area contributed by atoms with Gasteiger partial charge in [0.2, 0.25) is 5.91 Å². The maximum absolute atomic E-state index is 12.0. The molecule has 0 fully saturated rings. The molecule has 142 valence electrons. The fourth-order valence-corrected chi connectivity index (χ4v) is 4.14. The molecule has 2 aliphatic carbocycles. The van der Waals surface area contributed by atoms with Crippen molar-refractivity contribution in [1.29, 1.82) is 0 Å². The van der Waals surface area contributed by atoms with Gasteiger partial charge in [0.15, 0.2) is 11.5 Å². The molecule has 1 atom stereocenters. The molecule has 2 N–H and O–H groups in total. The number of fused-ring (bicyclic) bond motifs is 2. The first kappa shape index (κ1) is 16.9. The number of allylic oxidation sites excluding steroid dienone is 5. The molecular weight excluding hydrogens is 354 g/mol. The minimum Gasteiger partial charge on any atom is -0.493 e. The second-order valence-electron chi connectivity index (χ2n) is 7.27. The van der Waals surface area contributed by atoms with E-state index in [2.05, 4.69) is 33.7 Å². The summed E-state index contributed by atoms with van der Waals surface area (Å²) in [5.41, 5.74) is 4.77. The lowest BCUT2D eigenvalue weighted by Crippen LogP contribution is -2.23. The van der Waals surface area contributed by atoms with Crippen LogP contribution in [0.25, 0.3) is 0 Å². The number of carbonyl (C=O) groups excluding carboxylic acids is 1. The van der Waals surface area contributed by atoms with Crippen LogP contribution < -0.4 is 14.8 Å². The van der Waals surface area contributed by atoms with Crippen molar-refractivity contribution in [2.24, 2.45) is 0 Å². The average Bonchev–Trinajstić information content (AvgIpc) is 3.36. The fourth-order valence-electron chi connectivity index (χ4n) is 4.14. The number of aromatic amines is 1. The van der Waals surface area contributed by atoms with Crippen molar-refractivity contribution >= 4 is 11.7 Å². The Morgan fingerprint density at radius 1 is 1.18 bits per heavy atom. The third-order valence-electron chi connectivity index (χ3n) is 5.57. The van der Waals surface area contributed by atoms with Crippen LogP contribution in [0.15, 0.2) is 59.5 Å². The van der Waals surface area contributed by atoms with E-state index in [0.717, 1.165) is 36.1 Å². The number of benzene rings is 1. The maximum atomic E-state index is 12.0. The highest BCUT2D eigenvalue weighted by Crippen LogP contribution is 2.40. The minimum absolute atomic E-state index is 0.0274. The van der Waals surface area contributed by atoms with Crippen LogP contribution >= 0.6 is 0 Å². The van der Waals surface area contributed by atoms with E-state index in [4.69, 9.17) is 9.47 Å². The Labute approximate surface area is 162 Å². The molecule has 0 bridgehead atoms. The van der Waals surface area contributed by atoms with Gasteiger partial charge < -0.3 is 14.8 Å². The van der Waals surface area contributed by atoms with Gasteiger partial charge in [0.1, 0.15) is 11.6 Å². The van der Waals surface area contributed by atoms with Gasteiger partial charge in [0.05, 0.1) is 13.3 Å². The van der Waals surface area contributed by atoms with Gasteiger partial charge in [-0.1, -0.05) is 12.1 Å². The number of anilines is 1. The van der Waals surface area contributed by atoms with E-state index < -0.39 is 0 Å². The van der Waals surface area contributed by atoms with Gasteiger partial charge in [0, 0.05) is 17.9 Å². The number of nitrogens with one attached hydrogen (secondary N) is 2. The number of ether oxygens (including phenoxy) is 2. The summed E-state index contributed by atoms with van der Waals surface area (Å²) >= 11 is 0. The van der Waals surface area contributed by atoms with E-state index >= 15 is 0 Å². The van der Waals surface area contributed by atoms with Crippen LogP contribution in [0, 0.1) is 0 Å². The first-order valence-corrected chi connectivity index (χ1v) is 9.50. The molecule has 2 heterocycles. The van der Waals surface area contributed by atoms with Gasteiger partial charge in [-0.05, 0) is 60.3 Å². The monoisotopic (exact) mass is 375 g/mol. The highest BCUT2D eigenvalue weighted by atomic mass is 16.5. The largest absolute Gasteiger partial charge is 0.493 e. The summed E-state index contributed by atoms with van der Waals surface area (Å²) in [6, 6.07) is 5.86. The molecular formula is C22H21N3O3. The summed E-state index contributed by atoms with van der Waals surface area (Å²) in [6.07, 6.45) is 11.8. The average molecular weight is 375 g/mol. The highest BCUT2D eigenvalue weighted by molar-refractivity contribution is 5.94. The zero-order valence-corrected chi connectivity index (χ0v) is 15.6. The fraction of sp³-hybridized carbons (Fsp3) is 0.273. The summed E-state index contributed by atoms with van der Waals surface area (Å²) in [5, 5.41) is 9.73. The summed E-state index contributed by atoms with van der Waals surface area (Å²) in [7, 11) is 1.63. The Hall–Kier alpha value is -3.28. The first-order valence-electron chi connectivity index (χ1n) is 9.50. The molecule has 5 rings (SSSR count). The standard InChI is InChI=1S/C22H21N3O3/c1-27-20-10-15(17-11-21(26)24-22-18(17)12-23-25-22)6-8-19(20)28-16-7-5-13-3-2-4-14(13)9-16/h3,6-10,12,17H,2,4-5,11H2,1H3,(H2,23,24,25,26). The molecule has 1 aromatic heterocycles. The lowest BCUT2D eigenvalue weighted by Gasteiger charge is -2.23. The van der Waals surface area contributed by atoms with Gasteiger partial charge in [-0.2, -0.15) is 5.10 Å². The van der Waals surface area contributed by atoms with Crippen LogP contribution in [0.3, 0.4) is 0 Å². The lowest BCUT2D eigenvalue weighted by molar-refractivity contribution is -0.116. The van der Waals surface area contributed by atoms with Crippen LogP contribution in [0.5, 0.6) is 11.5 Å². The third kappa shape index (κ3) is 2.91. The summed E-state index contributed by atoms with van der Waals surface area (Å²) < 4.78 is 11.7. The molecule has 0 saturated carbocycles. The molecule has 1 aliphatic heterocycles. The van der Waals surface area contributed by atoms with Gasteiger partial charge >= 0.3 is 0 Å². The van der Waals surface area contributed by atoms with Gasteiger partial charge in [-0.25, -0.2) is 0 Å². The number of amides is 1. The molecule has 2 aromatic rings. The number of nitrogens with zero attached hydrogens (tertiary/aromatic N) is 1. The number of hydrogen-bond donors (Lipinski definition) is 2. The Bertz CT molecular complexity index is 1050. The van der Waals surface area contributed by atoms with Crippen molar-refractivity contribution in [3.63, 3.8) is 0 Å². The predicted molar refractivity (Wildman–Crippen MR) is 105 cm³/mol. The molecule has 6 heteroatoms. The number of hydrogen-bond acceptors (Lipinski definition) is 4. The molecule has 6 nitrogen and oxygen atoms in total. The van der Waals surface area contributed by atoms with E-state index in [1.54, 1.807) is 13.3 Å². The highest BCUT2D eigenvalue weighted by Gasteiger charge is 2.29. The van der Waals surface area contributed by atoms with Crippen molar-refractivity contribution in [3.05, 3.63) is 70.7 Å². The smallest absolute Gasteiger partial charge is 0.226 e. The van der Waals surface area contributed by atoms with Crippen LogP contribution in [0.1, 0.15) is 42.7 Å². The number of H-pyrrole nitrogens is 1. The molecule has 3 aliphatic rings. The SMILES string of the molecule is COc1cc(C2CC(=O)Nc3[nH]ncc32)ccc1OC1=CCC2=CCCC2=C1. The van der Waals surface area contributed by atoms with Crippen LogP contribution in [-0.4, -0.2) is 23.2 Å². The van der Waals surface area contributed by atoms with Crippen LogP contribution in [-0.2, 0) is 4.79 Å². The van der Waals surface area contributed by atoms with Gasteiger partial charge in [-0.3, -0.25) is 9.89 Å². The Morgan fingerprint density at radius 2 is 2.11 bits per heavy atom. The number of aromatic nitrogens is 2. The first-order chi connectivity index (χ1) is 13.7. The van der Waals surface area contributed by atoms with Gasteiger partial charge in [0.25, 0.3) is 0 Å². The Morgan fingerprint density at radius 3 is 3.00 bits per heavy atom. The predicted octanol–water partition coefficient (Wildman–Crippen LogP) is 4.21. The molecule has 0 radical (unpaired) electrons. The molecule has 1 amide bonds. The zero-order chi connectivity index (χ0) is 19.1. The van der Waals surface area contributed by atoms with Crippen molar-refractivity contribution < 1.29 is 14.3 Å². The zero-order valence-electron chi connectivity index (χ0n) is 15.6. The maximum Gasteiger partial charge on any atom is 0.226 e. The van der Waals surface area contributed by atoms with Crippen molar-refractivity contribution in [3.8, 4) is 11.5 Å². The van der Waals surface area contributed by atoms with E-state index in [1.165, 1.54) is 11.1 Å². The van der Waals surface area contributed by atoms with Crippen molar-refractivity contribution in [2.75, 3.05) is 12.4 Å². The second-order valence-corrected chi connectivity index (χ2v) is 7.27. The van der Waals surface area contributed by atoms with E-state index in [1.807, 2.05) is 18.2 Å². The van der Waals surface area contributed by atoms with E-state index in [0.29, 0.717) is 23.7 Å². The summed E-state index contributed by atoms with van der Waals surface area (Å²) in [6.45, 7) is 0. The normalized spacial score (nSPS) is 20.4. The summed E-state index contributed by atoms with van der Waals surface area (Å²) in [4.78, 5) is 12.0. The van der Waals surface area contributed by atoms with E-state index in [9.17, 15) is 4.79 Å². The molecule has 0 spiro atoms. The Balaban J connectivity index is 1.43. The Kier molecular flexibility index (Phi) is 4.04. The minimum atomic E-state index is -0.0624. The van der Waals surface area contributed by atoms with E-state index in [-0.39, 0.29) is 11.8 Å². The molecule has 0 saturated heterocycles. The molecule has 1 unspecified atom stereocenters. The topological polar surface area (TPSA) is 76.2 Å². The number of carbonyl (C=O) groups is 1. The summed E-state index contributed by atoms with van der Waals surface area (Å²) in [5.74, 6) is 2.76.